The van der Waals surface area contributed by atoms with Crippen molar-refractivity contribution in [2.75, 3.05) is 13.1 Å². The molecular weight excluding hydrogens is 240 g/mol. The fraction of sp³-hybridized carbons (Fsp3) is 0.600. The van der Waals surface area contributed by atoms with Crippen molar-refractivity contribution in [3.8, 4) is 0 Å². The number of pyridine rings is 1. The summed E-state index contributed by atoms with van der Waals surface area (Å²) < 4.78 is 0. The van der Waals surface area contributed by atoms with Crippen molar-refractivity contribution < 1.29 is 9.90 Å². The third-order valence-corrected chi connectivity index (χ3v) is 3.91. The lowest BCUT2D eigenvalue weighted by Gasteiger charge is -2.32. The second-order valence-corrected chi connectivity index (χ2v) is 5.48. The quantitative estimate of drug-likeness (QED) is 0.885. The predicted octanol–water partition coefficient (Wildman–Crippen LogP) is 2.47. The summed E-state index contributed by atoms with van der Waals surface area (Å²) in [7, 11) is 0. The monoisotopic (exact) mass is 262 g/mol. The molecule has 1 aromatic heterocycles. The van der Waals surface area contributed by atoms with Crippen LogP contribution in [0, 0.1) is 12.8 Å². The fourth-order valence-corrected chi connectivity index (χ4v) is 2.76. The van der Waals surface area contributed by atoms with E-state index in [2.05, 4.69) is 16.8 Å². The van der Waals surface area contributed by atoms with E-state index in [4.69, 9.17) is 5.11 Å². The van der Waals surface area contributed by atoms with Crippen LogP contribution >= 0.6 is 0 Å². The molecule has 1 unspecified atom stereocenters. The first kappa shape index (κ1) is 14.0. The Balaban J connectivity index is 1.87. The number of carboxylic acids is 1. The Morgan fingerprint density at radius 3 is 3.16 bits per heavy atom. The molecule has 2 rings (SSSR count). The van der Waals surface area contributed by atoms with Gasteiger partial charge in [0.05, 0.1) is 0 Å². The number of likely N-dealkylation sites (tertiary alicyclic amines) is 1. The summed E-state index contributed by atoms with van der Waals surface area (Å²) in [6, 6.07) is 2.04. The zero-order valence-corrected chi connectivity index (χ0v) is 11.5. The van der Waals surface area contributed by atoms with E-state index in [0.29, 0.717) is 12.3 Å². The maximum absolute atomic E-state index is 10.6. The zero-order valence-electron chi connectivity index (χ0n) is 11.5. The SMILES string of the molecule is Cc1ccncc1CN1CCCC(CCC(=O)O)C1. The third kappa shape index (κ3) is 4.31. The minimum absolute atomic E-state index is 0.296. The van der Waals surface area contributed by atoms with Gasteiger partial charge in [-0.05, 0) is 55.8 Å². The molecule has 1 fully saturated rings. The highest BCUT2D eigenvalue weighted by Gasteiger charge is 2.20. The number of piperidine rings is 1. The van der Waals surface area contributed by atoms with Crippen LogP contribution in [-0.2, 0) is 11.3 Å². The molecule has 1 aromatic rings. The van der Waals surface area contributed by atoms with E-state index in [1.807, 2.05) is 18.5 Å². The maximum Gasteiger partial charge on any atom is 0.303 e. The summed E-state index contributed by atoms with van der Waals surface area (Å²) in [5, 5.41) is 8.76. The van der Waals surface area contributed by atoms with Crippen molar-refractivity contribution in [3.05, 3.63) is 29.6 Å². The van der Waals surface area contributed by atoms with Gasteiger partial charge in [0.2, 0.25) is 0 Å². The van der Waals surface area contributed by atoms with E-state index in [1.54, 1.807) is 0 Å². The van der Waals surface area contributed by atoms with Gasteiger partial charge in [0, 0.05) is 31.9 Å². The van der Waals surface area contributed by atoms with E-state index in [9.17, 15) is 4.79 Å². The summed E-state index contributed by atoms with van der Waals surface area (Å²) >= 11 is 0. The minimum Gasteiger partial charge on any atom is -0.481 e. The van der Waals surface area contributed by atoms with Crippen molar-refractivity contribution in [2.24, 2.45) is 5.92 Å². The second-order valence-electron chi connectivity index (χ2n) is 5.48. The highest BCUT2D eigenvalue weighted by atomic mass is 16.4. The van der Waals surface area contributed by atoms with Gasteiger partial charge in [0.15, 0.2) is 0 Å². The topological polar surface area (TPSA) is 53.4 Å². The number of carboxylic acid groups (broad SMARTS) is 1. The molecule has 0 spiro atoms. The van der Waals surface area contributed by atoms with Gasteiger partial charge in [-0.1, -0.05) is 0 Å². The molecule has 4 nitrogen and oxygen atoms in total. The molecule has 1 aliphatic rings. The molecule has 1 saturated heterocycles. The molecule has 19 heavy (non-hydrogen) atoms. The molecule has 0 aromatic carbocycles. The molecule has 1 atom stereocenters. The first-order valence-corrected chi connectivity index (χ1v) is 6.99. The van der Waals surface area contributed by atoms with Gasteiger partial charge in [0.25, 0.3) is 0 Å². The zero-order chi connectivity index (χ0) is 13.7. The highest BCUT2D eigenvalue weighted by molar-refractivity contribution is 5.66. The Morgan fingerprint density at radius 2 is 2.42 bits per heavy atom. The maximum atomic E-state index is 10.6. The smallest absolute Gasteiger partial charge is 0.303 e. The Morgan fingerprint density at radius 1 is 1.58 bits per heavy atom. The van der Waals surface area contributed by atoms with E-state index in [0.717, 1.165) is 32.5 Å². The number of aryl methyl sites for hydroxylation is 1. The molecule has 4 heteroatoms. The molecule has 1 N–H and O–H groups in total. The highest BCUT2D eigenvalue weighted by Crippen LogP contribution is 2.22. The van der Waals surface area contributed by atoms with Crippen molar-refractivity contribution >= 4 is 5.97 Å². The molecule has 104 valence electrons. The molecule has 2 heterocycles. The van der Waals surface area contributed by atoms with Crippen molar-refractivity contribution in [1.82, 2.24) is 9.88 Å². The number of aromatic nitrogens is 1. The van der Waals surface area contributed by atoms with Crippen LogP contribution in [0.1, 0.15) is 36.8 Å². The molecular formula is C15H22N2O2. The number of rotatable bonds is 5. The van der Waals surface area contributed by atoms with Gasteiger partial charge < -0.3 is 5.11 Å². The van der Waals surface area contributed by atoms with Crippen LogP contribution in [0.4, 0.5) is 0 Å². The van der Waals surface area contributed by atoms with Gasteiger partial charge in [-0.15, -0.1) is 0 Å². The van der Waals surface area contributed by atoms with Crippen LogP contribution in [0.5, 0.6) is 0 Å². The van der Waals surface area contributed by atoms with Crippen LogP contribution in [0.2, 0.25) is 0 Å². The van der Waals surface area contributed by atoms with Crippen molar-refractivity contribution in [3.63, 3.8) is 0 Å². The number of carbonyl (C=O) groups is 1. The second kappa shape index (κ2) is 6.66. The molecule has 0 amide bonds. The normalized spacial score (nSPS) is 20.4. The summed E-state index contributed by atoms with van der Waals surface area (Å²) in [5.41, 5.74) is 2.56. The van der Waals surface area contributed by atoms with Gasteiger partial charge >= 0.3 is 5.97 Å². The lowest BCUT2D eigenvalue weighted by molar-refractivity contribution is -0.137. The van der Waals surface area contributed by atoms with Crippen LogP contribution in [-0.4, -0.2) is 34.0 Å². The molecule has 0 bridgehead atoms. The van der Waals surface area contributed by atoms with E-state index in [-0.39, 0.29) is 0 Å². The predicted molar refractivity (Wildman–Crippen MR) is 73.8 cm³/mol. The van der Waals surface area contributed by atoms with Crippen LogP contribution in [0.3, 0.4) is 0 Å². The lowest BCUT2D eigenvalue weighted by atomic mass is 9.93. The van der Waals surface area contributed by atoms with Crippen molar-refractivity contribution in [1.29, 1.82) is 0 Å². The Bertz CT molecular complexity index is 434. The number of nitrogens with zero attached hydrogens (tertiary/aromatic N) is 2. The molecule has 1 aliphatic heterocycles. The molecule has 0 radical (unpaired) electrons. The molecule has 0 saturated carbocycles. The number of hydrogen-bond acceptors (Lipinski definition) is 3. The lowest BCUT2D eigenvalue weighted by Crippen LogP contribution is -2.35. The first-order valence-electron chi connectivity index (χ1n) is 6.99. The van der Waals surface area contributed by atoms with Crippen LogP contribution in [0.25, 0.3) is 0 Å². The Hall–Kier alpha value is -1.42. The van der Waals surface area contributed by atoms with Crippen LogP contribution in [0.15, 0.2) is 18.5 Å². The third-order valence-electron chi connectivity index (χ3n) is 3.91. The Labute approximate surface area is 114 Å². The number of hydrogen-bond donors (Lipinski definition) is 1. The van der Waals surface area contributed by atoms with E-state index in [1.165, 1.54) is 17.5 Å². The molecule has 0 aliphatic carbocycles. The standard InChI is InChI=1S/C15H22N2O2/c1-12-6-7-16-9-14(12)11-17-8-2-3-13(10-17)4-5-15(18)19/h6-7,9,13H,2-5,8,10-11H2,1H3,(H,18,19). The largest absolute Gasteiger partial charge is 0.481 e. The Kier molecular flexibility index (Phi) is 4.91. The van der Waals surface area contributed by atoms with Gasteiger partial charge in [-0.3, -0.25) is 14.7 Å². The number of aliphatic carboxylic acids is 1. The first-order chi connectivity index (χ1) is 9.15. The van der Waals surface area contributed by atoms with Gasteiger partial charge in [-0.2, -0.15) is 0 Å². The summed E-state index contributed by atoms with van der Waals surface area (Å²) in [4.78, 5) is 17.3. The fourth-order valence-electron chi connectivity index (χ4n) is 2.76. The van der Waals surface area contributed by atoms with E-state index < -0.39 is 5.97 Å². The summed E-state index contributed by atoms with van der Waals surface area (Å²) in [5.74, 6) is -0.151. The van der Waals surface area contributed by atoms with Gasteiger partial charge in [-0.25, -0.2) is 0 Å². The van der Waals surface area contributed by atoms with Crippen molar-refractivity contribution in [2.45, 2.75) is 39.2 Å². The summed E-state index contributed by atoms with van der Waals surface area (Å²) in [6.45, 7) is 5.17. The average Bonchev–Trinajstić information content (AvgIpc) is 2.40. The summed E-state index contributed by atoms with van der Waals surface area (Å²) in [6.07, 6.45) is 7.20. The minimum atomic E-state index is -0.680. The van der Waals surface area contributed by atoms with E-state index >= 15 is 0 Å². The van der Waals surface area contributed by atoms with Gasteiger partial charge in [0.1, 0.15) is 0 Å². The van der Waals surface area contributed by atoms with Crippen LogP contribution < -0.4 is 0 Å². The average molecular weight is 262 g/mol.